The van der Waals surface area contributed by atoms with E-state index in [1.807, 2.05) is 23.6 Å². The molecule has 2 amide bonds. The van der Waals surface area contributed by atoms with Gasteiger partial charge in [0.25, 0.3) is 5.91 Å². The molecule has 0 aliphatic heterocycles. The second kappa shape index (κ2) is 7.67. The maximum Gasteiger partial charge on any atom is 0.251 e. The number of nitrogens with one attached hydrogen (secondary N) is 2. The van der Waals surface area contributed by atoms with Gasteiger partial charge in [0.05, 0.1) is 0 Å². The van der Waals surface area contributed by atoms with Gasteiger partial charge in [0.2, 0.25) is 5.91 Å². The molecule has 0 saturated heterocycles. The first-order valence-electron chi connectivity index (χ1n) is 7.68. The molecule has 1 atom stereocenters. The van der Waals surface area contributed by atoms with Crippen LogP contribution >= 0.6 is 11.5 Å². The maximum absolute atomic E-state index is 12.2. The Morgan fingerprint density at radius 2 is 1.76 bits per heavy atom. The molecule has 3 aromatic rings. The topological polar surface area (TPSA) is 84.0 Å². The van der Waals surface area contributed by atoms with Crippen molar-refractivity contribution in [3.63, 3.8) is 0 Å². The first kappa shape index (κ1) is 16.8. The highest BCUT2D eigenvalue weighted by molar-refractivity contribution is 7.03. The van der Waals surface area contributed by atoms with E-state index in [4.69, 9.17) is 0 Å². The molecule has 0 bridgehead atoms. The number of amides is 2. The number of hydrogen-bond donors (Lipinski definition) is 2. The Labute approximate surface area is 149 Å². The van der Waals surface area contributed by atoms with Crippen molar-refractivity contribution in [2.75, 3.05) is 5.32 Å². The van der Waals surface area contributed by atoms with Crippen LogP contribution < -0.4 is 10.6 Å². The fourth-order valence-electron chi connectivity index (χ4n) is 2.20. The van der Waals surface area contributed by atoms with Gasteiger partial charge in [-0.15, -0.1) is 5.10 Å². The molecule has 1 aromatic heterocycles. The van der Waals surface area contributed by atoms with Crippen LogP contribution in [0.25, 0.3) is 11.3 Å². The first-order chi connectivity index (χ1) is 12.1. The van der Waals surface area contributed by atoms with E-state index in [0.29, 0.717) is 11.3 Å². The Balaban J connectivity index is 1.59. The van der Waals surface area contributed by atoms with Crippen molar-refractivity contribution in [2.45, 2.75) is 13.0 Å². The molecule has 3 rings (SSSR count). The van der Waals surface area contributed by atoms with Gasteiger partial charge in [0, 0.05) is 22.2 Å². The summed E-state index contributed by atoms with van der Waals surface area (Å²) in [7, 11) is 0. The van der Waals surface area contributed by atoms with Gasteiger partial charge in [0.1, 0.15) is 11.7 Å². The third-order valence-electron chi connectivity index (χ3n) is 3.59. The monoisotopic (exact) mass is 352 g/mol. The lowest BCUT2D eigenvalue weighted by atomic mass is 10.1. The molecule has 2 N–H and O–H groups in total. The Bertz CT molecular complexity index is 849. The Kier molecular flexibility index (Phi) is 5.15. The largest absolute Gasteiger partial charge is 0.341 e. The SMILES string of the molecule is CC(NC(=O)c1ccccc1)C(=O)Nc1ccc(-c2csnn2)cc1. The van der Waals surface area contributed by atoms with Gasteiger partial charge in [-0.1, -0.05) is 34.8 Å². The number of carbonyl (C=O) groups is 2. The summed E-state index contributed by atoms with van der Waals surface area (Å²) in [4.78, 5) is 24.3. The summed E-state index contributed by atoms with van der Waals surface area (Å²) >= 11 is 1.29. The molecule has 0 aliphatic carbocycles. The zero-order valence-electron chi connectivity index (χ0n) is 13.5. The lowest BCUT2D eigenvalue weighted by Gasteiger charge is -2.14. The van der Waals surface area contributed by atoms with Gasteiger partial charge in [0.15, 0.2) is 0 Å². The van der Waals surface area contributed by atoms with Crippen LogP contribution in [0.15, 0.2) is 60.0 Å². The Morgan fingerprint density at radius 1 is 1.04 bits per heavy atom. The Hall–Kier alpha value is -3.06. The minimum absolute atomic E-state index is 0.283. The molecule has 1 unspecified atom stereocenters. The molecule has 7 heteroatoms. The summed E-state index contributed by atoms with van der Waals surface area (Å²) < 4.78 is 3.83. The van der Waals surface area contributed by atoms with E-state index >= 15 is 0 Å². The highest BCUT2D eigenvalue weighted by Gasteiger charge is 2.16. The summed E-state index contributed by atoms with van der Waals surface area (Å²) in [6.07, 6.45) is 0. The van der Waals surface area contributed by atoms with Gasteiger partial charge in [-0.05, 0) is 42.7 Å². The molecule has 2 aromatic carbocycles. The first-order valence-corrected chi connectivity index (χ1v) is 8.51. The van der Waals surface area contributed by atoms with Crippen molar-refractivity contribution < 1.29 is 9.59 Å². The van der Waals surface area contributed by atoms with Crippen molar-refractivity contribution in [2.24, 2.45) is 0 Å². The standard InChI is InChI=1S/C18H16N4O2S/c1-12(19-18(24)14-5-3-2-4-6-14)17(23)20-15-9-7-13(8-10-15)16-11-25-22-21-16/h2-12H,1H3,(H,19,24)(H,20,23). The second-order valence-electron chi connectivity index (χ2n) is 5.42. The molecular weight excluding hydrogens is 336 g/mol. The molecule has 6 nitrogen and oxygen atoms in total. The van der Waals surface area contributed by atoms with Crippen molar-refractivity contribution in [1.29, 1.82) is 0 Å². The van der Waals surface area contributed by atoms with Crippen LogP contribution in [0.1, 0.15) is 17.3 Å². The van der Waals surface area contributed by atoms with Crippen molar-refractivity contribution >= 4 is 29.0 Å². The zero-order valence-corrected chi connectivity index (χ0v) is 14.3. The third kappa shape index (κ3) is 4.27. The van der Waals surface area contributed by atoms with Crippen LogP contribution in [0.5, 0.6) is 0 Å². The van der Waals surface area contributed by atoms with Gasteiger partial charge in [-0.25, -0.2) is 0 Å². The molecule has 0 aliphatic rings. The molecule has 0 spiro atoms. The van der Waals surface area contributed by atoms with Crippen LogP contribution in [0.3, 0.4) is 0 Å². The summed E-state index contributed by atoms with van der Waals surface area (Å²) in [6.45, 7) is 1.64. The van der Waals surface area contributed by atoms with E-state index in [0.717, 1.165) is 11.3 Å². The molecule has 0 radical (unpaired) electrons. The quantitative estimate of drug-likeness (QED) is 0.739. The Morgan fingerprint density at radius 3 is 2.40 bits per heavy atom. The zero-order chi connectivity index (χ0) is 17.6. The maximum atomic E-state index is 12.2. The minimum atomic E-state index is -0.657. The number of aromatic nitrogens is 2. The average Bonchev–Trinajstić information content (AvgIpc) is 3.17. The number of rotatable bonds is 5. The highest BCUT2D eigenvalue weighted by atomic mass is 32.1. The molecule has 25 heavy (non-hydrogen) atoms. The summed E-state index contributed by atoms with van der Waals surface area (Å²) in [5.74, 6) is -0.568. The summed E-state index contributed by atoms with van der Waals surface area (Å²) in [6, 6.07) is 15.4. The fraction of sp³-hybridized carbons (Fsp3) is 0.111. The van der Waals surface area contributed by atoms with Crippen LogP contribution in [0.2, 0.25) is 0 Å². The number of hydrogen-bond acceptors (Lipinski definition) is 5. The second-order valence-corrected chi connectivity index (χ2v) is 6.03. The van der Waals surface area contributed by atoms with Crippen molar-refractivity contribution in [3.8, 4) is 11.3 Å². The van der Waals surface area contributed by atoms with Crippen molar-refractivity contribution in [3.05, 3.63) is 65.5 Å². The third-order valence-corrected chi connectivity index (χ3v) is 4.09. The minimum Gasteiger partial charge on any atom is -0.341 e. The average molecular weight is 352 g/mol. The van der Waals surface area contributed by atoms with Crippen LogP contribution in [-0.4, -0.2) is 27.4 Å². The van der Waals surface area contributed by atoms with E-state index in [1.165, 1.54) is 11.5 Å². The predicted molar refractivity (Wildman–Crippen MR) is 97.3 cm³/mol. The molecule has 0 saturated carbocycles. The lowest BCUT2D eigenvalue weighted by molar-refractivity contribution is -0.117. The normalized spacial score (nSPS) is 11.6. The van der Waals surface area contributed by atoms with E-state index in [2.05, 4.69) is 20.2 Å². The van der Waals surface area contributed by atoms with Gasteiger partial charge >= 0.3 is 0 Å². The predicted octanol–water partition coefficient (Wildman–Crippen LogP) is 2.96. The highest BCUT2D eigenvalue weighted by Crippen LogP contribution is 2.20. The number of carbonyl (C=O) groups excluding carboxylic acids is 2. The molecule has 0 fully saturated rings. The van der Waals surface area contributed by atoms with E-state index < -0.39 is 6.04 Å². The summed E-state index contributed by atoms with van der Waals surface area (Å²) in [5.41, 5.74) is 2.89. The lowest BCUT2D eigenvalue weighted by Crippen LogP contribution is -2.41. The van der Waals surface area contributed by atoms with Gasteiger partial charge < -0.3 is 10.6 Å². The van der Waals surface area contributed by atoms with Crippen LogP contribution in [0.4, 0.5) is 5.69 Å². The molecular formula is C18H16N4O2S. The van der Waals surface area contributed by atoms with E-state index in [9.17, 15) is 9.59 Å². The van der Waals surface area contributed by atoms with Crippen LogP contribution in [0, 0.1) is 0 Å². The van der Waals surface area contributed by atoms with E-state index in [-0.39, 0.29) is 11.8 Å². The van der Waals surface area contributed by atoms with Gasteiger partial charge in [-0.3, -0.25) is 9.59 Å². The number of nitrogens with zero attached hydrogens (tertiary/aromatic N) is 2. The number of benzene rings is 2. The number of anilines is 1. The fourth-order valence-corrected chi connectivity index (χ4v) is 2.67. The smallest absolute Gasteiger partial charge is 0.251 e. The molecule has 1 heterocycles. The van der Waals surface area contributed by atoms with Crippen LogP contribution in [-0.2, 0) is 4.79 Å². The molecule has 126 valence electrons. The van der Waals surface area contributed by atoms with E-state index in [1.54, 1.807) is 43.3 Å². The van der Waals surface area contributed by atoms with Gasteiger partial charge in [-0.2, -0.15) is 0 Å². The van der Waals surface area contributed by atoms with Crippen molar-refractivity contribution in [1.82, 2.24) is 14.9 Å². The summed E-state index contributed by atoms with van der Waals surface area (Å²) in [5, 5.41) is 11.3.